The van der Waals surface area contributed by atoms with Crippen LogP contribution in [0.15, 0.2) is 21.3 Å². The Balaban J connectivity index is 1.82. The first kappa shape index (κ1) is 11.9. The van der Waals surface area contributed by atoms with Gasteiger partial charge >= 0.3 is 5.97 Å². The quantitative estimate of drug-likeness (QED) is 0.778. The van der Waals surface area contributed by atoms with Gasteiger partial charge in [0.2, 0.25) is 0 Å². The summed E-state index contributed by atoms with van der Waals surface area (Å²) in [5.74, 6) is 0.880. The lowest BCUT2D eigenvalue weighted by Gasteiger charge is -1.97. The van der Waals surface area contributed by atoms with Gasteiger partial charge in [-0.2, -0.15) is 4.98 Å². The van der Waals surface area contributed by atoms with Crippen LogP contribution in [0.25, 0.3) is 11.7 Å². The second-order valence-electron chi connectivity index (χ2n) is 4.21. The Bertz CT molecular complexity index is 582. The van der Waals surface area contributed by atoms with Gasteiger partial charge in [0, 0.05) is 18.6 Å². The van der Waals surface area contributed by atoms with Crippen LogP contribution in [0, 0.1) is 0 Å². The molecule has 0 radical (unpaired) electrons. The molecule has 1 saturated heterocycles. The van der Waals surface area contributed by atoms with Crippen molar-refractivity contribution in [2.45, 2.75) is 12.3 Å². The monoisotopic (exact) mass is 264 g/mol. The second kappa shape index (κ2) is 4.85. The lowest BCUT2D eigenvalue weighted by atomic mass is 10.1. The molecular weight excluding hydrogens is 252 g/mol. The summed E-state index contributed by atoms with van der Waals surface area (Å²) in [7, 11) is 1.31. The van der Waals surface area contributed by atoms with E-state index in [-0.39, 0.29) is 11.8 Å². The molecule has 1 aliphatic heterocycles. The minimum atomic E-state index is -0.473. The second-order valence-corrected chi connectivity index (χ2v) is 4.21. The molecule has 1 atom stereocenters. The van der Waals surface area contributed by atoms with E-state index in [9.17, 15) is 4.79 Å². The molecule has 0 saturated carbocycles. The van der Waals surface area contributed by atoms with Gasteiger partial charge in [-0.25, -0.2) is 4.79 Å². The van der Waals surface area contributed by atoms with Crippen molar-refractivity contribution in [3.8, 4) is 11.7 Å². The molecule has 3 rings (SSSR count). The van der Waals surface area contributed by atoms with Crippen LogP contribution in [0.4, 0.5) is 0 Å². The average Bonchev–Trinajstić information content (AvgIpc) is 3.14. The Labute approximate surface area is 108 Å². The van der Waals surface area contributed by atoms with Crippen molar-refractivity contribution in [2.24, 2.45) is 0 Å². The summed E-state index contributed by atoms with van der Waals surface area (Å²) >= 11 is 0. The highest BCUT2D eigenvalue weighted by Crippen LogP contribution is 2.26. The van der Waals surface area contributed by atoms with Gasteiger partial charge in [-0.3, -0.25) is 0 Å². The van der Waals surface area contributed by atoms with E-state index in [2.05, 4.69) is 14.9 Å². The Hall–Kier alpha value is -2.15. The van der Waals surface area contributed by atoms with Crippen molar-refractivity contribution >= 4 is 5.97 Å². The van der Waals surface area contributed by atoms with Crippen LogP contribution >= 0.6 is 0 Å². The minimum absolute atomic E-state index is 0.160. The predicted octanol–water partition coefficient (Wildman–Crippen LogP) is 1.62. The van der Waals surface area contributed by atoms with E-state index in [0.29, 0.717) is 30.4 Å². The van der Waals surface area contributed by atoms with Crippen LogP contribution in [0.3, 0.4) is 0 Å². The Kier molecular flexibility index (Phi) is 3.04. The Morgan fingerprint density at radius 3 is 3.16 bits per heavy atom. The highest BCUT2D eigenvalue weighted by Gasteiger charge is 2.24. The molecule has 7 nitrogen and oxygen atoms in total. The number of hydrogen-bond acceptors (Lipinski definition) is 7. The molecule has 1 aliphatic rings. The molecule has 2 aromatic heterocycles. The summed E-state index contributed by atoms with van der Waals surface area (Å²) in [6, 6.07) is 1.51. The first-order valence-electron chi connectivity index (χ1n) is 5.86. The summed E-state index contributed by atoms with van der Waals surface area (Å²) in [4.78, 5) is 15.6. The Morgan fingerprint density at radius 1 is 1.53 bits per heavy atom. The predicted molar refractivity (Wildman–Crippen MR) is 61.5 cm³/mol. The number of carbonyl (C=O) groups is 1. The molecule has 100 valence electrons. The zero-order valence-electron chi connectivity index (χ0n) is 10.3. The molecule has 7 heteroatoms. The van der Waals surface area contributed by atoms with Gasteiger partial charge < -0.3 is 18.4 Å². The van der Waals surface area contributed by atoms with E-state index in [4.69, 9.17) is 13.7 Å². The van der Waals surface area contributed by atoms with Gasteiger partial charge in [-0.1, -0.05) is 5.16 Å². The molecule has 0 N–H and O–H groups in total. The lowest BCUT2D eigenvalue weighted by Crippen LogP contribution is -1.99. The first-order valence-corrected chi connectivity index (χ1v) is 5.86. The molecule has 1 fully saturated rings. The third-order valence-electron chi connectivity index (χ3n) is 2.97. The highest BCUT2D eigenvalue weighted by molar-refractivity contribution is 5.89. The zero-order chi connectivity index (χ0) is 13.2. The number of aromatic nitrogens is 2. The van der Waals surface area contributed by atoms with Gasteiger partial charge in [-0.15, -0.1) is 0 Å². The maximum Gasteiger partial charge on any atom is 0.341 e. The molecule has 3 heterocycles. The molecular formula is C12H12N2O5. The van der Waals surface area contributed by atoms with E-state index < -0.39 is 5.97 Å². The van der Waals surface area contributed by atoms with Gasteiger partial charge in [0.15, 0.2) is 11.6 Å². The van der Waals surface area contributed by atoms with Gasteiger partial charge in [-0.05, 0) is 6.42 Å². The summed E-state index contributed by atoms with van der Waals surface area (Å²) in [5, 5.41) is 3.91. The fourth-order valence-corrected chi connectivity index (χ4v) is 1.91. The normalized spacial score (nSPS) is 18.7. The highest BCUT2D eigenvalue weighted by atomic mass is 16.5. The van der Waals surface area contributed by atoms with Gasteiger partial charge in [0.1, 0.15) is 6.26 Å². The van der Waals surface area contributed by atoms with Crippen LogP contribution in [0.5, 0.6) is 0 Å². The zero-order valence-corrected chi connectivity index (χ0v) is 10.3. The average molecular weight is 264 g/mol. The summed E-state index contributed by atoms with van der Waals surface area (Å²) in [5.41, 5.74) is 0.307. The van der Waals surface area contributed by atoms with Crippen molar-refractivity contribution < 1.29 is 23.2 Å². The van der Waals surface area contributed by atoms with Crippen molar-refractivity contribution in [1.82, 2.24) is 10.1 Å². The fraction of sp³-hybridized carbons (Fsp3) is 0.417. The van der Waals surface area contributed by atoms with E-state index >= 15 is 0 Å². The van der Waals surface area contributed by atoms with Crippen LogP contribution in [-0.2, 0) is 9.47 Å². The minimum Gasteiger partial charge on any atom is -0.465 e. The summed E-state index contributed by atoms with van der Waals surface area (Å²) in [6.07, 6.45) is 2.17. The van der Waals surface area contributed by atoms with Crippen LogP contribution in [0.2, 0.25) is 0 Å². The fourth-order valence-electron chi connectivity index (χ4n) is 1.91. The molecule has 2 aromatic rings. The summed E-state index contributed by atoms with van der Waals surface area (Å²) < 4.78 is 20.2. The van der Waals surface area contributed by atoms with E-state index in [1.54, 1.807) is 0 Å². The standard InChI is InChI=1S/C12H12N2O5/c1-16-12(15)8-4-9(18-6-8)11-13-10(14-19-11)7-2-3-17-5-7/h4,6-7H,2-3,5H2,1H3/t7-/m1/s1. The number of rotatable bonds is 3. The van der Waals surface area contributed by atoms with Crippen molar-refractivity contribution in [3.05, 3.63) is 23.7 Å². The summed E-state index contributed by atoms with van der Waals surface area (Å²) in [6.45, 7) is 1.31. The van der Waals surface area contributed by atoms with Gasteiger partial charge in [0.25, 0.3) is 5.89 Å². The molecule has 0 bridgehead atoms. The lowest BCUT2D eigenvalue weighted by molar-refractivity contribution is 0.0600. The van der Waals surface area contributed by atoms with E-state index in [1.165, 1.54) is 19.4 Å². The number of hydrogen-bond donors (Lipinski definition) is 0. The topological polar surface area (TPSA) is 87.6 Å². The smallest absolute Gasteiger partial charge is 0.341 e. The third kappa shape index (κ3) is 2.24. The first-order chi connectivity index (χ1) is 9.28. The maximum atomic E-state index is 11.3. The molecule has 0 aliphatic carbocycles. The maximum absolute atomic E-state index is 11.3. The van der Waals surface area contributed by atoms with Crippen molar-refractivity contribution in [1.29, 1.82) is 0 Å². The van der Waals surface area contributed by atoms with Crippen LogP contribution < -0.4 is 0 Å². The number of furan rings is 1. The Morgan fingerprint density at radius 2 is 2.42 bits per heavy atom. The third-order valence-corrected chi connectivity index (χ3v) is 2.97. The number of esters is 1. The van der Waals surface area contributed by atoms with Crippen molar-refractivity contribution in [3.63, 3.8) is 0 Å². The van der Waals surface area contributed by atoms with Crippen LogP contribution in [-0.4, -0.2) is 36.4 Å². The van der Waals surface area contributed by atoms with E-state index in [0.717, 1.165) is 6.42 Å². The molecule has 0 amide bonds. The SMILES string of the molecule is COC(=O)c1coc(-c2nc([C@@H]3CCOC3)no2)c1. The van der Waals surface area contributed by atoms with Crippen LogP contribution in [0.1, 0.15) is 28.5 Å². The number of carbonyl (C=O) groups excluding carboxylic acids is 1. The largest absolute Gasteiger partial charge is 0.465 e. The number of methoxy groups -OCH3 is 1. The molecule has 0 unspecified atom stereocenters. The number of ether oxygens (including phenoxy) is 2. The van der Waals surface area contributed by atoms with Crippen molar-refractivity contribution in [2.75, 3.05) is 20.3 Å². The molecule has 19 heavy (non-hydrogen) atoms. The van der Waals surface area contributed by atoms with Gasteiger partial charge in [0.05, 0.1) is 19.3 Å². The molecule has 0 spiro atoms. The van der Waals surface area contributed by atoms with E-state index in [1.807, 2.05) is 0 Å². The molecule has 0 aromatic carbocycles. The number of nitrogens with zero attached hydrogens (tertiary/aromatic N) is 2.